The molecule has 1 atom stereocenters. The highest BCUT2D eigenvalue weighted by molar-refractivity contribution is 9.10. The molecule has 0 spiro atoms. The molecule has 3 heteroatoms. The first-order valence-electron chi connectivity index (χ1n) is 9.06. The highest BCUT2D eigenvalue weighted by atomic mass is 79.9. The second-order valence-electron chi connectivity index (χ2n) is 8.37. The van der Waals surface area contributed by atoms with Gasteiger partial charge in [-0.2, -0.15) is 0 Å². The number of hydrogen-bond donors (Lipinski definition) is 1. The van der Waals surface area contributed by atoms with Crippen molar-refractivity contribution in [2.75, 3.05) is 0 Å². The first-order valence-corrected chi connectivity index (χ1v) is 9.85. The molecule has 1 aromatic carbocycles. The summed E-state index contributed by atoms with van der Waals surface area (Å²) in [6.45, 7) is 2.26. The third kappa shape index (κ3) is 3.09. The van der Waals surface area contributed by atoms with E-state index in [9.17, 15) is 4.79 Å². The lowest BCUT2D eigenvalue weighted by Gasteiger charge is -2.59. The van der Waals surface area contributed by atoms with E-state index in [1.54, 1.807) is 0 Å². The molecule has 1 N–H and O–H groups in total. The maximum Gasteiger partial charge on any atom is 0.224 e. The molecule has 5 rings (SSSR count). The van der Waals surface area contributed by atoms with E-state index < -0.39 is 0 Å². The zero-order valence-corrected chi connectivity index (χ0v) is 15.4. The number of carbonyl (C=O) groups excluding carboxylic acids is 1. The van der Waals surface area contributed by atoms with E-state index in [0.29, 0.717) is 17.9 Å². The van der Waals surface area contributed by atoms with Crippen LogP contribution in [0.3, 0.4) is 0 Å². The van der Waals surface area contributed by atoms with E-state index in [1.165, 1.54) is 38.5 Å². The van der Waals surface area contributed by atoms with Crippen molar-refractivity contribution >= 4 is 21.8 Å². The number of carbonyl (C=O) groups is 1. The third-order valence-corrected chi connectivity index (χ3v) is 7.19. The van der Waals surface area contributed by atoms with Crippen LogP contribution in [0, 0.1) is 23.2 Å². The number of amides is 1. The summed E-state index contributed by atoms with van der Waals surface area (Å²) < 4.78 is 1.06. The Hall–Kier alpha value is -0.830. The Morgan fingerprint density at radius 1 is 1.13 bits per heavy atom. The Balaban J connectivity index is 1.40. The smallest absolute Gasteiger partial charge is 0.224 e. The van der Waals surface area contributed by atoms with Crippen LogP contribution >= 0.6 is 15.9 Å². The van der Waals surface area contributed by atoms with Crippen molar-refractivity contribution in [1.29, 1.82) is 0 Å². The van der Waals surface area contributed by atoms with Crippen molar-refractivity contribution in [3.63, 3.8) is 0 Å². The van der Waals surface area contributed by atoms with Crippen LogP contribution in [0.15, 0.2) is 28.7 Å². The van der Waals surface area contributed by atoms with Gasteiger partial charge in [0.05, 0.1) is 6.42 Å². The lowest BCUT2D eigenvalue weighted by atomic mass is 9.48. The van der Waals surface area contributed by atoms with Gasteiger partial charge in [0.15, 0.2) is 0 Å². The maximum absolute atomic E-state index is 12.5. The number of halogens is 1. The van der Waals surface area contributed by atoms with Gasteiger partial charge >= 0.3 is 0 Å². The molecule has 4 saturated carbocycles. The lowest BCUT2D eigenvalue weighted by molar-refractivity contribution is -0.125. The number of hydrogen-bond acceptors (Lipinski definition) is 1. The Bertz CT molecular complexity index is 559. The Labute approximate surface area is 147 Å². The SMILES string of the molecule is C[C@@H](NC(=O)Cc1ccc(Br)cc1)C12CC3CC(CC(C3)C1)C2. The van der Waals surface area contributed by atoms with E-state index >= 15 is 0 Å². The molecule has 1 amide bonds. The second kappa shape index (κ2) is 5.91. The summed E-state index contributed by atoms with van der Waals surface area (Å²) in [6.07, 6.45) is 8.90. The van der Waals surface area contributed by atoms with Crippen molar-refractivity contribution in [1.82, 2.24) is 5.32 Å². The van der Waals surface area contributed by atoms with E-state index in [-0.39, 0.29) is 5.91 Å². The van der Waals surface area contributed by atoms with Gasteiger partial charge in [0.25, 0.3) is 0 Å². The van der Waals surface area contributed by atoms with Crippen molar-refractivity contribution in [2.24, 2.45) is 23.2 Å². The minimum atomic E-state index is 0.176. The van der Waals surface area contributed by atoms with Gasteiger partial charge in [-0.1, -0.05) is 28.1 Å². The van der Waals surface area contributed by atoms with Crippen LogP contribution < -0.4 is 5.32 Å². The lowest BCUT2D eigenvalue weighted by Crippen LogP contribution is -2.56. The highest BCUT2D eigenvalue weighted by Gasteiger charge is 2.53. The van der Waals surface area contributed by atoms with Gasteiger partial charge in [0.1, 0.15) is 0 Å². The molecule has 4 bridgehead atoms. The zero-order chi connectivity index (χ0) is 16.0. The van der Waals surface area contributed by atoms with Gasteiger partial charge in [-0.15, -0.1) is 0 Å². The van der Waals surface area contributed by atoms with Crippen molar-refractivity contribution in [2.45, 2.75) is 57.9 Å². The summed E-state index contributed by atoms with van der Waals surface area (Å²) in [5.41, 5.74) is 1.48. The van der Waals surface area contributed by atoms with E-state index in [1.807, 2.05) is 24.3 Å². The zero-order valence-electron chi connectivity index (χ0n) is 13.9. The molecule has 4 fully saturated rings. The van der Waals surface area contributed by atoms with Gasteiger partial charge < -0.3 is 5.32 Å². The third-order valence-electron chi connectivity index (χ3n) is 6.66. The van der Waals surface area contributed by atoms with Gasteiger partial charge in [-0.3, -0.25) is 4.79 Å². The molecule has 4 aliphatic rings. The van der Waals surface area contributed by atoms with E-state index in [4.69, 9.17) is 0 Å². The van der Waals surface area contributed by atoms with Crippen LogP contribution in [0.4, 0.5) is 0 Å². The first kappa shape index (κ1) is 15.7. The fourth-order valence-electron chi connectivity index (χ4n) is 5.94. The Kier molecular flexibility index (Phi) is 4.03. The molecule has 0 aromatic heterocycles. The summed E-state index contributed by atoms with van der Waals surface area (Å²) in [5, 5.41) is 3.35. The fraction of sp³-hybridized carbons (Fsp3) is 0.650. The summed E-state index contributed by atoms with van der Waals surface area (Å²) in [5.74, 6) is 2.99. The molecule has 124 valence electrons. The van der Waals surface area contributed by atoms with Crippen LogP contribution in [0.5, 0.6) is 0 Å². The quantitative estimate of drug-likeness (QED) is 0.810. The summed E-state index contributed by atoms with van der Waals surface area (Å²) in [6, 6.07) is 8.38. The molecule has 0 aliphatic heterocycles. The molecule has 0 heterocycles. The molecule has 0 saturated heterocycles. The van der Waals surface area contributed by atoms with Crippen molar-refractivity contribution < 1.29 is 4.79 Å². The van der Waals surface area contributed by atoms with Crippen LogP contribution in [0.1, 0.15) is 51.0 Å². The molecule has 4 aliphatic carbocycles. The number of nitrogens with one attached hydrogen (secondary N) is 1. The van der Waals surface area contributed by atoms with Gasteiger partial charge in [0.2, 0.25) is 5.91 Å². The normalized spacial score (nSPS) is 36.0. The Morgan fingerprint density at radius 3 is 2.17 bits per heavy atom. The molecule has 0 radical (unpaired) electrons. The van der Waals surface area contributed by atoms with E-state index in [0.717, 1.165) is 27.8 Å². The molecular weight excluding hydrogens is 350 g/mol. The fourth-order valence-corrected chi connectivity index (χ4v) is 6.21. The minimum Gasteiger partial charge on any atom is -0.353 e. The van der Waals surface area contributed by atoms with Crippen LogP contribution in [-0.4, -0.2) is 11.9 Å². The van der Waals surface area contributed by atoms with Crippen molar-refractivity contribution in [3.05, 3.63) is 34.3 Å². The molecule has 23 heavy (non-hydrogen) atoms. The standard InChI is InChI=1S/C20H26BrNO/c1-13(22-19(23)9-14-2-4-18(21)5-3-14)20-10-15-6-16(11-20)8-17(7-15)12-20/h2-5,13,15-17H,6-12H2,1H3,(H,22,23)/t13-,15?,16?,17?,20?/m1/s1. The summed E-state index contributed by atoms with van der Waals surface area (Å²) in [7, 11) is 0. The number of rotatable bonds is 4. The molecule has 2 nitrogen and oxygen atoms in total. The summed E-state index contributed by atoms with van der Waals surface area (Å²) >= 11 is 3.44. The van der Waals surface area contributed by atoms with Crippen LogP contribution in [-0.2, 0) is 11.2 Å². The van der Waals surface area contributed by atoms with Crippen LogP contribution in [0.2, 0.25) is 0 Å². The Morgan fingerprint density at radius 2 is 1.65 bits per heavy atom. The van der Waals surface area contributed by atoms with Gasteiger partial charge in [-0.05, 0) is 86.3 Å². The minimum absolute atomic E-state index is 0.176. The average molecular weight is 376 g/mol. The monoisotopic (exact) mass is 375 g/mol. The van der Waals surface area contributed by atoms with Crippen LogP contribution in [0.25, 0.3) is 0 Å². The molecular formula is C20H26BrNO. The first-order chi connectivity index (χ1) is 11.0. The summed E-state index contributed by atoms with van der Waals surface area (Å²) in [4.78, 5) is 12.5. The molecule has 0 unspecified atom stereocenters. The van der Waals surface area contributed by atoms with Gasteiger partial charge in [0, 0.05) is 10.5 Å². The van der Waals surface area contributed by atoms with Crippen molar-refractivity contribution in [3.8, 4) is 0 Å². The highest BCUT2D eigenvalue weighted by Crippen LogP contribution is 2.61. The van der Waals surface area contributed by atoms with Gasteiger partial charge in [-0.25, -0.2) is 0 Å². The largest absolute Gasteiger partial charge is 0.353 e. The van der Waals surface area contributed by atoms with E-state index in [2.05, 4.69) is 28.2 Å². The second-order valence-corrected chi connectivity index (χ2v) is 9.29. The topological polar surface area (TPSA) is 29.1 Å². The molecule has 1 aromatic rings. The predicted octanol–water partition coefficient (Wildman–Crippen LogP) is 4.71. The number of benzene rings is 1. The average Bonchev–Trinajstić information content (AvgIpc) is 2.48. The maximum atomic E-state index is 12.5. The predicted molar refractivity (Wildman–Crippen MR) is 96.1 cm³/mol.